The van der Waals surface area contributed by atoms with Gasteiger partial charge in [0, 0.05) is 25.2 Å². The van der Waals surface area contributed by atoms with Gasteiger partial charge in [-0.3, -0.25) is 4.90 Å². The Balaban J connectivity index is 2.52. The van der Waals surface area contributed by atoms with Gasteiger partial charge in [0.2, 0.25) is 0 Å². The number of nitrogens with zero attached hydrogens (tertiary/aromatic N) is 1. The van der Waals surface area contributed by atoms with Crippen molar-refractivity contribution in [2.45, 2.75) is 66.6 Å². The average Bonchev–Trinajstić information content (AvgIpc) is 2.39. The molecule has 1 aromatic carbocycles. The van der Waals surface area contributed by atoms with Crippen molar-refractivity contribution in [3.63, 3.8) is 0 Å². The second-order valence-corrected chi connectivity index (χ2v) is 7.09. The van der Waals surface area contributed by atoms with E-state index in [9.17, 15) is 0 Å². The highest BCUT2D eigenvalue weighted by Crippen LogP contribution is 2.12. The molecule has 2 nitrogen and oxygen atoms in total. The summed E-state index contributed by atoms with van der Waals surface area (Å²) in [6.07, 6.45) is 1.11. The fourth-order valence-electron chi connectivity index (χ4n) is 2.48. The molecule has 0 aliphatic heterocycles. The zero-order valence-corrected chi connectivity index (χ0v) is 14.8. The predicted octanol–water partition coefficient (Wildman–Crippen LogP) is 4.09. The van der Waals surface area contributed by atoms with Crippen molar-refractivity contribution in [1.29, 1.82) is 0 Å². The maximum atomic E-state index is 3.47. The van der Waals surface area contributed by atoms with Crippen LogP contribution < -0.4 is 5.32 Å². The second-order valence-electron chi connectivity index (χ2n) is 7.09. The molecule has 2 heteroatoms. The lowest BCUT2D eigenvalue weighted by Crippen LogP contribution is -2.33. The Morgan fingerprint density at radius 2 is 1.48 bits per heavy atom. The molecule has 0 saturated carbocycles. The van der Waals surface area contributed by atoms with E-state index in [2.05, 4.69) is 76.0 Å². The molecule has 0 fully saturated rings. The first-order valence-electron chi connectivity index (χ1n) is 8.43. The minimum Gasteiger partial charge on any atom is -0.314 e. The summed E-state index contributed by atoms with van der Waals surface area (Å²) in [5.74, 6) is 0.716. The van der Waals surface area contributed by atoms with E-state index >= 15 is 0 Å². The molecule has 1 N–H and O–H groups in total. The molecule has 0 aromatic heterocycles. The Morgan fingerprint density at radius 1 is 0.905 bits per heavy atom. The molecule has 0 atom stereocenters. The van der Waals surface area contributed by atoms with Gasteiger partial charge < -0.3 is 5.32 Å². The average molecular weight is 290 g/mol. The molecule has 0 unspecified atom stereocenters. The zero-order chi connectivity index (χ0) is 15.8. The number of nitrogens with one attached hydrogen (secondary N) is 1. The molecule has 120 valence electrons. The molecule has 0 radical (unpaired) electrons. The Labute approximate surface area is 131 Å². The molecule has 0 aliphatic rings. The zero-order valence-electron chi connectivity index (χ0n) is 14.8. The molecule has 0 saturated heterocycles. The third-order valence-corrected chi connectivity index (χ3v) is 3.70. The standard InChI is InChI=1S/C19H34N2/c1-15(2)13-21(17(5)6)14-19-9-7-18(8-10-19)11-12-20-16(3)4/h7-10,15-17,20H,11-14H2,1-6H3. The van der Waals surface area contributed by atoms with Gasteiger partial charge in [-0.2, -0.15) is 0 Å². The van der Waals surface area contributed by atoms with E-state index in [1.807, 2.05) is 0 Å². The van der Waals surface area contributed by atoms with Crippen LogP contribution >= 0.6 is 0 Å². The summed E-state index contributed by atoms with van der Waals surface area (Å²) >= 11 is 0. The van der Waals surface area contributed by atoms with Crippen LogP contribution in [0.3, 0.4) is 0 Å². The first-order chi connectivity index (χ1) is 9.88. The largest absolute Gasteiger partial charge is 0.314 e. The van der Waals surface area contributed by atoms with Gasteiger partial charge in [-0.1, -0.05) is 52.0 Å². The number of hydrogen-bond acceptors (Lipinski definition) is 2. The van der Waals surface area contributed by atoms with Crippen LogP contribution in [0, 0.1) is 5.92 Å². The molecule has 0 spiro atoms. The van der Waals surface area contributed by atoms with Crippen molar-refractivity contribution >= 4 is 0 Å². The Morgan fingerprint density at radius 3 is 1.95 bits per heavy atom. The van der Waals surface area contributed by atoms with Crippen LogP contribution in [0.15, 0.2) is 24.3 Å². The van der Waals surface area contributed by atoms with Crippen molar-refractivity contribution in [1.82, 2.24) is 10.2 Å². The van der Waals surface area contributed by atoms with E-state index in [-0.39, 0.29) is 0 Å². The summed E-state index contributed by atoms with van der Waals surface area (Å²) in [5, 5.41) is 3.47. The lowest BCUT2D eigenvalue weighted by atomic mass is 10.1. The van der Waals surface area contributed by atoms with Crippen LogP contribution in [-0.2, 0) is 13.0 Å². The molecule has 0 aliphatic carbocycles. The predicted molar refractivity (Wildman–Crippen MR) is 93.7 cm³/mol. The van der Waals surface area contributed by atoms with E-state index in [0.717, 1.165) is 26.1 Å². The van der Waals surface area contributed by atoms with Gasteiger partial charge in [0.1, 0.15) is 0 Å². The second kappa shape index (κ2) is 9.22. The molecule has 0 heterocycles. The summed E-state index contributed by atoms with van der Waals surface area (Å²) < 4.78 is 0. The Bertz CT molecular complexity index is 379. The summed E-state index contributed by atoms with van der Waals surface area (Å²) in [4.78, 5) is 2.56. The third-order valence-electron chi connectivity index (χ3n) is 3.70. The highest BCUT2D eigenvalue weighted by Gasteiger charge is 2.11. The smallest absolute Gasteiger partial charge is 0.0236 e. The molecule has 21 heavy (non-hydrogen) atoms. The van der Waals surface area contributed by atoms with E-state index in [0.29, 0.717) is 18.0 Å². The fourth-order valence-corrected chi connectivity index (χ4v) is 2.48. The lowest BCUT2D eigenvalue weighted by Gasteiger charge is -2.28. The normalized spacial score (nSPS) is 12.1. The van der Waals surface area contributed by atoms with Crippen LogP contribution in [0.2, 0.25) is 0 Å². The van der Waals surface area contributed by atoms with Crippen molar-refractivity contribution in [2.24, 2.45) is 5.92 Å². The van der Waals surface area contributed by atoms with E-state index in [1.165, 1.54) is 11.1 Å². The Hall–Kier alpha value is -0.860. The minimum atomic E-state index is 0.569. The summed E-state index contributed by atoms with van der Waals surface area (Å²) in [5.41, 5.74) is 2.84. The maximum absolute atomic E-state index is 3.47. The van der Waals surface area contributed by atoms with Crippen LogP contribution in [0.4, 0.5) is 0 Å². The number of benzene rings is 1. The van der Waals surface area contributed by atoms with Crippen LogP contribution in [0.1, 0.15) is 52.7 Å². The van der Waals surface area contributed by atoms with Crippen molar-refractivity contribution < 1.29 is 0 Å². The fraction of sp³-hybridized carbons (Fsp3) is 0.684. The van der Waals surface area contributed by atoms with Crippen molar-refractivity contribution in [2.75, 3.05) is 13.1 Å². The SMILES string of the molecule is CC(C)CN(Cc1ccc(CCNC(C)C)cc1)C(C)C. The quantitative estimate of drug-likeness (QED) is 0.737. The van der Waals surface area contributed by atoms with E-state index in [1.54, 1.807) is 0 Å². The van der Waals surface area contributed by atoms with Crippen LogP contribution in [-0.4, -0.2) is 30.1 Å². The van der Waals surface area contributed by atoms with E-state index < -0.39 is 0 Å². The molecular formula is C19H34N2. The molecule has 0 amide bonds. The van der Waals surface area contributed by atoms with Gasteiger partial charge in [-0.25, -0.2) is 0 Å². The van der Waals surface area contributed by atoms with Gasteiger partial charge >= 0.3 is 0 Å². The minimum absolute atomic E-state index is 0.569. The number of rotatable bonds is 9. The molecule has 1 rings (SSSR count). The molecular weight excluding hydrogens is 256 g/mol. The third kappa shape index (κ3) is 7.63. The van der Waals surface area contributed by atoms with Crippen molar-refractivity contribution in [3.8, 4) is 0 Å². The lowest BCUT2D eigenvalue weighted by molar-refractivity contribution is 0.189. The van der Waals surface area contributed by atoms with Crippen molar-refractivity contribution in [3.05, 3.63) is 35.4 Å². The first kappa shape index (κ1) is 18.2. The maximum Gasteiger partial charge on any atom is 0.0236 e. The highest BCUT2D eigenvalue weighted by atomic mass is 15.1. The monoisotopic (exact) mass is 290 g/mol. The first-order valence-corrected chi connectivity index (χ1v) is 8.43. The van der Waals surface area contributed by atoms with Gasteiger partial charge in [0.05, 0.1) is 0 Å². The van der Waals surface area contributed by atoms with Gasteiger partial charge in [0.25, 0.3) is 0 Å². The van der Waals surface area contributed by atoms with Gasteiger partial charge in [0.15, 0.2) is 0 Å². The van der Waals surface area contributed by atoms with Gasteiger partial charge in [-0.05, 0) is 43.9 Å². The van der Waals surface area contributed by atoms with Crippen LogP contribution in [0.25, 0.3) is 0 Å². The van der Waals surface area contributed by atoms with Gasteiger partial charge in [-0.15, -0.1) is 0 Å². The molecule has 0 bridgehead atoms. The Kier molecular flexibility index (Phi) is 7.98. The number of hydrogen-bond donors (Lipinski definition) is 1. The summed E-state index contributed by atoms with van der Waals surface area (Å²) in [7, 11) is 0. The van der Waals surface area contributed by atoms with Crippen LogP contribution in [0.5, 0.6) is 0 Å². The topological polar surface area (TPSA) is 15.3 Å². The summed E-state index contributed by atoms with van der Waals surface area (Å²) in [6, 6.07) is 10.3. The molecule has 1 aromatic rings. The summed E-state index contributed by atoms with van der Waals surface area (Å²) in [6.45, 7) is 16.8. The van der Waals surface area contributed by atoms with E-state index in [4.69, 9.17) is 0 Å². The highest BCUT2D eigenvalue weighted by molar-refractivity contribution is 5.22.